The van der Waals surface area contributed by atoms with Crippen molar-refractivity contribution < 1.29 is 4.39 Å². The van der Waals surface area contributed by atoms with Crippen LogP contribution in [0, 0.1) is 12.7 Å². The van der Waals surface area contributed by atoms with E-state index in [2.05, 4.69) is 5.32 Å². The number of halogens is 2. The summed E-state index contributed by atoms with van der Waals surface area (Å²) in [7, 11) is 0. The Kier molecular flexibility index (Phi) is 3.20. The molecule has 4 heteroatoms. The topological polar surface area (TPSA) is 38.0 Å². The number of hydrogen-bond donors (Lipinski definition) is 2. The van der Waals surface area contributed by atoms with Crippen LogP contribution in [-0.4, -0.2) is 0 Å². The number of anilines is 3. The molecule has 0 spiro atoms. The van der Waals surface area contributed by atoms with E-state index in [0.717, 1.165) is 11.3 Å². The van der Waals surface area contributed by atoms with E-state index in [1.54, 1.807) is 6.07 Å². The van der Waals surface area contributed by atoms with Crippen molar-refractivity contribution in [1.82, 2.24) is 0 Å². The Balaban J connectivity index is 2.34. The van der Waals surface area contributed by atoms with E-state index in [1.807, 2.05) is 19.1 Å². The van der Waals surface area contributed by atoms with Gasteiger partial charge in [-0.1, -0.05) is 11.6 Å². The largest absolute Gasteiger partial charge is 0.399 e. The van der Waals surface area contributed by atoms with Crippen LogP contribution in [-0.2, 0) is 0 Å². The normalized spacial score (nSPS) is 10.3. The maximum absolute atomic E-state index is 13.1. The van der Waals surface area contributed by atoms with Crippen LogP contribution < -0.4 is 11.1 Å². The molecule has 0 atom stereocenters. The molecular weight excluding hydrogens is 239 g/mol. The fraction of sp³-hybridized carbons (Fsp3) is 0.0769. The lowest BCUT2D eigenvalue weighted by Crippen LogP contribution is -1.95. The van der Waals surface area contributed by atoms with Gasteiger partial charge >= 0.3 is 0 Å². The molecule has 0 unspecified atom stereocenters. The molecule has 0 aromatic heterocycles. The van der Waals surface area contributed by atoms with E-state index in [-0.39, 0.29) is 5.82 Å². The average Bonchev–Trinajstić information content (AvgIpc) is 2.22. The van der Waals surface area contributed by atoms with Crippen LogP contribution in [0.25, 0.3) is 0 Å². The number of benzene rings is 2. The second-order valence-electron chi connectivity index (χ2n) is 3.88. The minimum Gasteiger partial charge on any atom is -0.399 e. The Morgan fingerprint density at radius 3 is 2.65 bits per heavy atom. The Morgan fingerprint density at radius 1 is 1.18 bits per heavy atom. The molecule has 88 valence electrons. The molecular formula is C13H12ClFN2. The molecule has 0 saturated heterocycles. The predicted molar refractivity (Wildman–Crippen MR) is 70.3 cm³/mol. The van der Waals surface area contributed by atoms with Crippen molar-refractivity contribution in [3.63, 3.8) is 0 Å². The zero-order valence-corrected chi connectivity index (χ0v) is 10.1. The Bertz CT molecular complexity index is 535. The van der Waals surface area contributed by atoms with Gasteiger partial charge in [-0.15, -0.1) is 0 Å². The first-order valence-electron chi connectivity index (χ1n) is 5.14. The number of nitrogen functional groups attached to an aromatic ring is 1. The lowest BCUT2D eigenvalue weighted by molar-refractivity contribution is 0.628. The minimum absolute atomic E-state index is 0.336. The van der Waals surface area contributed by atoms with Gasteiger partial charge in [0.25, 0.3) is 0 Å². The molecule has 2 nitrogen and oxygen atoms in total. The summed E-state index contributed by atoms with van der Waals surface area (Å²) in [6.07, 6.45) is 0. The maximum atomic E-state index is 13.1. The average molecular weight is 251 g/mol. The Hall–Kier alpha value is -1.74. The van der Waals surface area contributed by atoms with Crippen LogP contribution in [0.1, 0.15) is 5.56 Å². The van der Waals surface area contributed by atoms with Gasteiger partial charge in [0, 0.05) is 11.4 Å². The predicted octanol–water partition coefficient (Wildman–Crippen LogP) is 4.11. The van der Waals surface area contributed by atoms with E-state index < -0.39 is 0 Å². The lowest BCUT2D eigenvalue weighted by Gasteiger charge is -2.10. The van der Waals surface area contributed by atoms with Crippen molar-refractivity contribution >= 4 is 28.7 Å². The summed E-state index contributed by atoms with van der Waals surface area (Å²) in [4.78, 5) is 0. The summed E-state index contributed by atoms with van der Waals surface area (Å²) in [5.41, 5.74) is 8.73. The van der Waals surface area contributed by atoms with Crippen LogP contribution in [0.15, 0.2) is 36.4 Å². The van der Waals surface area contributed by atoms with Gasteiger partial charge in [-0.25, -0.2) is 4.39 Å². The van der Waals surface area contributed by atoms with Crippen molar-refractivity contribution in [3.8, 4) is 0 Å². The third-order valence-electron chi connectivity index (χ3n) is 2.31. The quantitative estimate of drug-likeness (QED) is 0.787. The van der Waals surface area contributed by atoms with Crippen LogP contribution in [0.5, 0.6) is 0 Å². The molecule has 17 heavy (non-hydrogen) atoms. The molecule has 0 aliphatic rings. The van der Waals surface area contributed by atoms with Gasteiger partial charge in [0.15, 0.2) is 0 Å². The van der Waals surface area contributed by atoms with E-state index >= 15 is 0 Å². The standard InChI is InChI=1S/C13H12ClFN2/c1-8-4-10(16)7-11(5-8)17-13-6-9(15)2-3-12(13)14/h2-7,17H,16H2,1H3. The SMILES string of the molecule is Cc1cc(N)cc(Nc2cc(F)ccc2Cl)c1. The fourth-order valence-corrected chi connectivity index (χ4v) is 1.80. The lowest BCUT2D eigenvalue weighted by atomic mass is 10.2. The third kappa shape index (κ3) is 2.88. The van der Waals surface area contributed by atoms with Gasteiger partial charge in [-0.05, 0) is 48.9 Å². The molecule has 0 aliphatic heterocycles. The first-order valence-corrected chi connectivity index (χ1v) is 5.51. The number of rotatable bonds is 2. The minimum atomic E-state index is -0.336. The van der Waals surface area contributed by atoms with Crippen molar-refractivity contribution in [2.75, 3.05) is 11.1 Å². The van der Waals surface area contributed by atoms with Crippen molar-refractivity contribution in [3.05, 3.63) is 52.8 Å². The zero-order chi connectivity index (χ0) is 12.4. The number of nitrogens with one attached hydrogen (secondary N) is 1. The van der Waals surface area contributed by atoms with Gasteiger partial charge in [-0.2, -0.15) is 0 Å². The highest BCUT2D eigenvalue weighted by molar-refractivity contribution is 6.33. The van der Waals surface area contributed by atoms with Crippen LogP contribution >= 0.6 is 11.6 Å². The summed E-state index contributed by atoms with van der Waals surface area (Å²) >= 11 is 5.97. The molecule has 0 saturated carbocycles. The molecule has 2 aromatic rings. The molecule has 0 radical (unpaired) electrons. The summed E-state index contributed by atoms with van der Waals surface area (Å²) in [5.74, 6) is -0.336. The van der Waals surface area contributed by atoms with E-state index in [9.17, 15) is 4.39 Å². The van der Waals surface area contributed by atoms with Crippen LogP contribution in [0.3, 0.4) is 0 Å². The first kappa shape index (κ1) is 11.7. The highest BCUT2D eigenvalue weighted by Gasteiger charge is 2.03. The molecule has 2 aromatic carbocycles. The Morgan fingerprint density at radius 2 is 1.94 bits per heavy atom. The monoisotopic (exact) mass is 250 g/mol. The third-order valence-corrected chi connectivity index (χ3v) is 2.64. The molecule has 0 amide bonds. The highest BCUT2D eigenvalue weighted by atomic mass is 35.5. The second kappa shape index (κ2) is 4.63. The van der Waals surface area contributed by atoms with Gasteiger partial charge in [0.2, 0.25) is 0 Å². The number of nitrogens with two attached hydrogens (primary N) is 1. The summed E-state index contributed by atoms with van der Waals surface area (Å²) < 4.78 is 13.1. The van der Waals surface area contributed by atoms with E-state index in [0.29, 0.717) is 16.4 Å². The maximum Gasteiger partial charge on any atom is 0.125 e. The van der Waals surface area contributed by atoms with Crippen molar-refractivity contribution in [2.24, 2.45) is 0 Å². The van der Waals surface area contributed by atoms with Gasteiger partial charge in [0.1, 0.15) is 5.82 Å². The van der Waals surface area contributed by atoms with Gasteiger partial charge < -0.3 is 11.1 Å². The summed E-state index contributed by atoms with van der Waals surface area (Å²) in [5, 5.41) is 3.51. The van der Waals surface area contributed by atoms with Crippen molar-refractivity contribution in [1.29, 1.82) is 0 Å². The summed E-state index contributed by atoms with van der Waals surface area (Å²) in [6, 6.07) is 9.72. The van der Waals surface area contributed by atoms with Crippen molar-refractivity contribution in [2.45, 2.75) is 6.92 Å². The fourth-order valence-electron chi connectivity index (χ4n) is 1.63. The zero-order valence-electron chi connectivity index (χ0n) is 9.30. The first-order chi connectivity index (χ1) is 8.04. The van der Waals surface area contributed by atoms with Gasteiger partial charge in [0.05, 0.1) is 10.7 Å². The second-order valence-corrected chi connectivity index (χ2v) is 4.29. The highest BCUT2D eigenvalue weighted by Crippen LogP contribution is 2.27. The van der Waals surface area contributed by atoms with Crippen LogP contribution in [0.4, 0.5) is 21.5 Å². The Labute approximate surface area is 104 Å². The molecule has 2 rings (SSSR count). The van der Waals surface area contributed by atoms with Gasteiger partial charge in [-0.3, -0.25) is 0 Å². The molecule has 0 fully saturated rings. The molecule has 0 heterocycles. The molecule has 3 N–H and O–H groups in total. The molecule has 0 aliphatic carbocycles. The van der Waals surface area contributed by atoms with E-state index in [1.165, 1.54) is 18.2 Å². The smallest absolute Gasteiger partial charge is 0.125 e. The van der Waals surface area contributed by atoms with E-state index in [4.69, 9.17) is 17.3 Å². The van der Waals surface area contributed by atoms with Crippen LogP contribution in [0.2, 0.25) is 5.02 Å². The number of aryl methyl sites for hydroxylation is 1. The number of hydrogen-bond acceptors (Lipinski definition) is 2. The summed E-state index contributed by atoms with van der Waals surface area (Å²) in [6.45, 7) is 1.94. The molecule has 0 bridgehead atoms.